The number of pyridine rings is 2. The van der Waals surface area contributed by atoms with Crippen LogP contribution >= 0.6 is 0 Å². The Balaban J connectivity index is 3.01. The highest BCUT2D eigenvalue weighted by Gasteiger charge is 2.26. The Morgan fingerprint density at radius 3 is 2.74 bits per heavy atom. The molecule has 0 bridgehead atoms. The zero-order chi connectivity index (χ0) is 14.2. The number of hydrogen-bond acceptors (Lipinski definition) is 4. The molecule has 0 saturated carbocycles. The number of nitrogens with zero attached hydrogens (tertiary/aromatic N) is 2. The zero-order valence-corrected chi connectivity index (χ0v) is 10.6. The van der Waals surface area contributed by atoms with E-state index in [1.54, 1.807) is 0 Å². The van der Waals surface area contributed by atoms with E-state index in [1.165, 1.54) is 26.0 Å². The Morgan fingerprint density at radius 2 is 2.16 bits per heavy atom. The molecule has 19 heavy (non-hydrogen) atoms. The molecule has 0 amide bonds. The molecule has 5 nitrogen and oxygen atoms in total. The molecular formula is C13H13FN2O3. The summed E-state index contributed by atoms with van der Waals surface area (Å²) in [6.45, 7) is 2.60. The van der Waals surface area contributed by atoms with E-state index in [-0.39, 0.29) is 17.6 Å². The smallest absolute Gasteiger partial charge is 0.251 e. The van der Waals surface area contributed by atoms with E-state index < -0.39 is 17.0 Å². The highest BCUT2D eigenvalue weighted by Crippen LogP contribution is 2.28. The van der Waals surface area contributed by atoms with Crippen molar-refractivity contribution in [1.82, 2.24) is 9.55 Å². The van der Waals surface area contributed by atoms with Crippen LogP contribution in [0.1, 0.15) is 19.4 Å². The van der Waals surface area contributed by atoms with E-state index >= 15 is 0 Å². The average molecular weight is 264 g/mol. The fourth-order valence-corrected chi connectivity index (χ4v) is 2.08. The van der Waals surface area contributed by atoms with Gasteiger partial charge in [0, 0.05) is 11.6 Å². The Hall–Kier alpha value is -2.08. The van der Waals surface area contributed by atoms with Crippen LogP contribution in [-0.4, -0.2) is 20.9 Å². The normalized spacial score (nSPS) is 11.8. The van der Waals surface area contributed by atoms with Crippen LogP contribution < -0.4 is 5.56 Å². The molecule has 0 aliphatic carbocycles. The maximum Gasteiger partial charge on any atom is 0.251 e. The van der Waals surface area contributed by atoms with E-state index in [0.29, 0.717) is 11.8 Å². The van der Waals surface area contributed by atoms with Gasteiger partial charge < -0.3 is 9.90 Å². The summed E-state index contributed by atoms with van der Waals surface area (Å²) in [5.41, 5.74) is -1.49. The van der Waals surface area contributed by atoms with Crippen molar-refractivity contribution < 1.29 is 14.3 Å². The summed E-state index contributed by atoms with van der Waals surface area (Å²) in [4.78, 5) is 26.3. The third-order valence-corrected chi connectivity index (χ3v) is 2.82. The summed E-state index contributed by atoms with van der Waals surface area (Å²) < 4.78 is 15.0. The first-order valence-corrected chi connectivity index (χ1v) is 5.71. The predicted molar refractivity (Wildman–Crippen MR) is 67.3 cm³/mol. The predicted octanol–water partition coefficient (Wildman–Crippen LogP) is 0.962. The monoisotopic (exact) mass is 264 g/mol. The lowest BCUT2D eigenvalue weighted by molar-refractivity contribution is -0.108. The number of aldehydes is 1. The molecule has 0 spiro atoms. The Kier molecular flexibility index (Phi) is 3.20. The molecule has 1 N–H and O–H groups in total. The molecule has 0 unspecified atom stereocenters. The minimum Gasteiger partial charge on any atom is -0.386 e. The largest absolute Gasteiger partial charge is 0.386 e. The molecule has 0 atom stereocenters. The minimum atomic E-state index is -1.50. The van der Waals surface area contributed by atoms with Gasteiger partial charge in [0.05, 0.1) is 29.4 Å². The van der Waals surface area contributed by atoms with Crippen LogP contribution in [0.15, 0.2) is 23.1 Å². The van der Waals surface area contributed by atoms with Gasteiger partial charge in [0.25, 0.3) is 5.56 Å². The van der Waals surface area contributed by atoms with E-state index in [2.05, 4.69) is 4.98 Å². The van der Waals surface area contributed by atoms with Gasteiger partial charge in [-0.05, 0) is 19.9 Å². The van der Waals surface area contributed by atoms with Crippen LogP contribution in [0, 0.1) is 5.82 Å². The molecule has 0 fully saturated rings. The number of rotatable bonds is 3. The average Bonchev–Trinajstić information content (AvgIpc) is 2.31. The van der Waals surface area contributed by atoms with E-state index in [9.17, 15) is 19.1 Å². The van der Waals surface area contributed by atoms with Gasteiger partial charge in [0.2, 0.25) is 0 Å². The second kappa shape index (κ2) is 4.55. The maximum atomic E-state index is 13.9. The van der Waals surface area contributed by atoms with Gasteiger partial charge >= 0.3 is 0 Å². The summed E-state index contributed by atoms with van der Waals surface area (Å²) in [7, 11) is 0. The van der Waals surface area contributed by atoms with Gasteiger partial charge in [-0.25, -0.2) is 4.39 Å². The van der Waals surface area contributed by atoms with Crippen molar-refractivity contribution >= 4 is 17.3 Å². The standard InChI is InChI=1S/C13H13FN2O3/c1-13(2,19)11-8(14)7-15-9-3-4-10(18)16(5-6-17)12(9)11/h3-4,6-7,19H,5H2,1-2H3. The van der Waals surface area contributed by atoms with Crippen LogP contribution in [0.4, 0.5) is 4.39 Å². The van der Waals surface area contributed by atoms with Crippen LogP contribution in [0.3, 0.4) is 0 Å². The quantitative estimate of drug-likeness (QED) is 0.838. The van der Waals surface area contributed by atoms with Crippen LogP contribution in [0.25, 0.3) is 11.0 Å². The van der Waals surface area contributed by atoms with Crippen molar-refractivity contribution in [2.75, 3.05) is 0 Å². The molecule has 2 rings (SSSR count). The summed E-state index contributed by atoms with van der Waals surface area (Å²) in [5.74, 6) is -0.717. The molecule has 0 radical (unpaired) electrons. The Bertz CT molecular complexity index is 701. The third-order valence-electron chi connectivity index (χ3n) is 2.82. The summed E-state index contributed by atoms with van der Waals surface area (Å²) in [5, 5.41) is 10.1. The molecular weight excluding hydrogens is 251 g/mol. The fraction of sp³-hybridized carbons (Fsp3) is 0.308. The highest BCUT2D eigenvalue weighted by atomic mass is 19.1. The topological polar surface area (TPSA) is 72.2 Å². The summed E-state index contributed by atoms with van der Waals surface area (Å²) in [6.07, 6.45) is 1.53. The van der Waals surface area contributed by atoms with Crippen molar-refractivity contribution in [3.05, 3.63) is 40.1 Å². The molecule has 0 aliphatic rings. The lowest BCUT2D eigenvalue weighted by Gasteiger charge is -2.22. The number of aliphatic hydroxyl groups is 1. The second-order valence-electron chi connectivity index (χ2n) is 4.72. The number of carbonyl (C=O) groups is 1. The molecule has 2 aromatic heterocycles. The first-order chi connectivity index (χ1) is 8.86. The zero-order valence-electron chi connectivity index (χ0n) is 10.6. The van der Waals surface area contributed by atoms with Gasteiger partial charge in [-0.1, -0.05) is 0 Å². The number of fused-ring (bicyclic) bond motifs is 1. The summed E-state index contributed by atoms with van der Waals surface area (Å²) >= 11 is 0. The van der Waals surface area contributed by atoms with Gasteiger partial charge in [0.15, 0.2) is 0 Å². The SMILES string of the molecule is CC(C)(O)c1c(F)cnc2ccc(=O)n(CC=O)c12. The van der Waals surface area contributed by atoms with Crippen LogP contribution in [-0.2, 0) is 16.9 Å². The van der Waals surface area contributed by atoms with E-state index in [0.717, 1.165) is 10.8 Å². The first-order valence-electron chi connectivity index (χ1n) is 5.71. The van der Waals surface area contributed by atoms with E-state index in [4.69, 9.17) is 0 Å². The van der Waals surface area contributed by atoms with Crippen molar-refractivity contribution in [2.45, 2.75) is 26.0 Å². The van der Waals surface area contributed by atoms with Gasteiger partial charge in [0.1, 0.15) is 12.1 Å². The molecule has 2 heterocycles. The first kappa shape index (κ1) is 13.4. The molecule has 0 aromatic carbocycles. The van der Waals surface area contributed by atoms with E-state index in [1.807, 2.05) is 0 Å². The second-order valence-corrected chi connectivity index (χ2v) is 4.72. The van der Waals surface area contributed by atoms with Crippen molar-refractivity contribution in [3.8, 4) is 0 Å². The maximum absolute atomic E-state index is 13.9. The van der Waals surface area contributed by atoms with Crippen LogP contribution in [0.2, 0.25) is 0 Å². The molecule has 0 saturated heterocycles. The molecule has 2 aromatic rings. The number of aromatic nitrogens is 2. The third kappa shape index (κ3) is 2.26. The summed E-state index contributed by atoms with van der Waals surface area (Å²) in [6, 6.07) is 2.69. The number of carbonyl (C=O) groups excluding carboxylic acids is 1. The van der Waals surface area contributed by atoms with Crippen LogP contribution in [0.5, 0.6) is 0 Å². The van der Waals surface area contributed by atoms with Crippen molar-refractivity contribution in [2.24, 2.45) is 0 Å². The molecule has 0 aliphatic heterocycles. The number of hydrogen-bond donors (Lipinski definition) is 1. The van der Waals surface area contributed by atoms with Gasteiger partial charge in [-0.15, -0.1) is 0 Å². The lowest BCUT2D eigenvalue weighted by atomic mass is 9.96. The van der Waals surface area contributed by atoms with Crippen molar-refractivity contribution in [3.63, 3.8) is 0 Å². The fourth-order valence-electron chi connectivity index (χ4n) is 2.08. The molecule has 6 heteroatoms. The van der Waals surface area contributed by atoms with Gasteiger partial charge in [-0.2, -0.15) is 0 Å². The van der Waals surface area contributed by atoms with Crippen molar-refractivity contribution in [1.29, 1.82) is 0 Å². The lowest BCUT2D eigenvalue weighted by Crippen LogP contribution is -2.26. The highest BCUT2D eigenvalue weighted by molar-refractivity contribution is 5.80. The number of halogens is 1. The Labute approximate surface area is 108 Å². The minimum absolute atomic E-state index is 0.0444. The van der Waals surface area contributed by atoms with Gasteiger partial charge in [-0.3, -0.25) is 14.3 Å². The Morgan fingerprint density at radius 1 is 1.47 bits per heavy atom. The molecule has 100 valence electrons.